The van der Waals surface area contributed by atoms with Gasteiger partial charge < -0.3 is 5.11 Å². The van der Waals surface area contributed by atoms with Crippen LogP contribution in [0.4, 0.5) is 4.39 Å². The number of allylic oxidation sites excluding steroid dienone is 2. The van der Waals surface area contributed by atoms with Gasteiger partial charge >= 0.3 is 5.97 Å². The van der Waals surface area contributed by atoms with E-state index in [1.807, 2.05) is 42.7 Å². The number of halogens is 1. The van der Waals surface area contributed by atoms with Crippen LogP contribution < -0.4 is 0 Å². The molecule has 0 saturated heterocycles. The minimum Gasteiger partial charge on any atom is -0.481 e. The Kier molecular flexibility index (Phi) is 4.56. The van der Waals surface area contributed by atoms with Crippen LogP contribution in [0.25, 0.3) is 17.2 Å². The first-order valence-electron chi connectivity index (χ1n) is 7.94. The molecule has 2 aromatic rings. The Morgan fingerprint density at radius 3 is 2.40 bits per heavy atom. The molecule has 0 atom stereocenters. The van der Waals surface area contributed by atoms with Gasteiger partial charge in [0.2, 0.25) is 0 Å². The van der Waals surface area contributed by atoms with Gasteiger partial charge in [0, 0.05) is 4.90 Å². The summed E-state index contributed by atoms with van der Waals surface area (Å²) in [6.45, 7) is 3.29. The summed E-state index contributed by atoms with van der Waals surface area (Å²) in [6.07, 6.45) is 5.89. The molecule has 3 rings (SSSR count). The number of carboxylic acids is 1. The van der Waals surface area contributed by atoms with Crippen LogP contribution >= 0.6 is 11.8 Å². The molecule has 1 N–H and O–H groups in total. The third kappa shape index (κ3) is 3.27. The monoisotopic (exact) mass is 354 g/mol. The lowest BCUT2D eigenvalue weighted by Gasteiger charge is -2.21. The zero-order chi connectivity index (χ0) is 18.2. The van der Waals surface area contributed by atoms with Gasteiger partial charge in [-0.2, -0.15) is 0 Å². The van der Waals surface area contributed by atoms with Gasteiger partial charge in [-0.15, -0.1) is 11.8 Å². The molecule has 1 aliphatic rings. The second kappa shape index (κ2) is 6.52. The Hall–Kier alpha value is -2.33. The lowest BCUT2D eigenvalue weighted by molar-refractivity contribution is -0.143. The number of hydrogen-bond donors (Lipinski definition) is 1. The molecule has 0 aromatic heterocycles. The molecular weight excluding hydrogens is 335 g/mol. The van der Waals surface area contributed by atoms with E-state index in [4.69, 9.17) is 0 Å². The zero-order valence-corrected chi connectivity index (χ0v) is 15.2. The molecule has 4 heteroatoms. The average Bonchev–Trinajstić information content (AvgIpc) is 2.93. The minimum atomic E-state index is -1.10. The maximum absolute atomic E-state index is 13.8. The molecule has 0 fully saturated rings. The molecule has 0 amide bonds. The summed E-state index contributed by atoms with van der Waals surface area (Å²) in [4.78, 5) is 12.9. The first-order valence-corrected chi connectivity index (χ1v) is 9.17. The van der Waals surface area contributed by atoms with Crippen LogP contribution in [-0.4, -0.2) is 17.3 Å². The van der Waals surface area contributed by atoms with Crippen molar-refractivity contribution >= 4 is 35.0 Å². The molecule has 2 aromatic carbocycles. The van der Waals surface area contributed by atoms with Gasteiger partial charge in [-0.25, -0.2) is 4.39 Å². The Morgan fingerprint density at radius 1 is 1.12 bits per heavy atom. The molecule has 25 heavy (non-hydrogen) atoms. The van der Waals surface area contributed by atoms with Crippen molar-refractivity contribution < 1.29 is 14.3 Å². The second-order valence-electron chi connectivity index (χ2n) is 6.55. The number of fused-ring (bicyclic) bond motifs is 1. The van der Waals surface area contributed by atoms with Crippen LogP contribution in [0.1, 0.15) is 30.5 Å². The van der Waals surface area contributed by atoms with Gasteiger partial charge in [0.25, 0.3) is 0 Å². The van der Waals surface area contributed by atoms with Crippen molar-refractivity contribution in [2.75, 3.05) is 6.26 Å². The Balaban J connectivity index is 2.12. The molecule has 0 unspecified atom stereocenters. The van der Waals surface area contributed by atoms with Crippen LogP contribution in [0.2, 0.25) is 0 Å². The van der Waals surface area contributed by atoms with E-state index in [1.165, 1.54) is 17.0 Å². The van der Waals surface area contributed by atoms with Crippen molar-refractivity contribution in [2.45, 2.75) is 18.7 Å². The molecule has 1 aliphatic carbocycles. The fourth-order valence-corrected chi connectivity index (χ4v) is 3.34. The normalized spacial score (nSPS) is 15.2. The maximum Gasteiger partial charge on any atom is 0.313 e. The third-order valence-electron chi connectivity index (χ3n) is 4.53. The molecule has 0 bridgehead atoms. The predicted octanol–water partition coefficient (Wildman–Crippen LogP) is 5.60. The van der Waals surface area contributed by atoms with E-state index in [-0.39, 0.29) is 5.82 Å². The minimum absolute atomic E-state index is 0.364. The Labute approximate surface area is 151 Å². The van der Waals surface area contributed by atoms with Crippen LogP contribution in [0, 0.1) is 11.2 Å². The number of carbonyl (C=O) groups is 1. The van der Waals surface area contributed by atoms with E-state index in [9.17, 15) is 14.3 Å². The Morgan fingerprint density at radius 2 is 1.80 bits per heavy atom. The molecule has 0 heterocycles. The highest BCUT2D eigenvalue weighted by Crippen LogP contribution is 2.45. The lowest BCUT2D eigenvalue weighted by Crippen LogP contribution is -2.24. The quantitative estimate of drug-likeness (QED) is 0.727. The summed E-state index contributed by atoms with van der Waals surface area (Å²) in [6, 6.07) is 12.7. The highest BCUT2D eigenvalue weighted by molar-refractivity contribution is 7.98. The molecule has 0 aliphatic heterocycles. The van der Waals surface area contributed by atoms with Crippen LogP contribution in [0.15, 0.2) is 53.4 Å². The van der Waals surface area contributed by atoms with E-state index >= 15 is 0 Å². The van der Waals surface area contributed by atoms with E-state index in [0.717, 1.165) is 16.7 Å². The molecule has 128 valence electrons. The highest BCUT2D eigenvalue weighted by atomic mass is 32.2. The molecule has 2 nitrogen and oxygen atoms in total. The van der Waals surface area contributed by atoms with E-state index in [1.54, 1.807) is 31.7 Å². The summed E-state index contributed by atoms with van der Waals surface area (Å²) in [5.41, 5.74) is 2.96. The van der Waals surface area contributed by atoms with Gasteiger partial charge in [0.05, 0.1) is 5.41 Å². The van der Waals surface area contributed by atoms with E-state index in [0.29, 0.717) is 11.1 Å². The largest absolute Gasteiger partial charge is 0.481 e. The van der Waals surface area contributed by atoms with Gasteiger partial charge in [-0.1, -0.05) is 18.2 Å². The predicted molar refractivity (Wildman–Crippen MR) is 102 cm³/mol. The van der Waals surface area contributed by atoms with Gasteiger partial charge in [-0.3, -0.25) is 4.79 Å². The van der Waals surface area contributed by atoms with Gasteiger partial charge in [-0.05, 0) is 84.4 Å². The lowest BCUT2D eigenvalue weighted by atomic mass is 9.81. The number of aliphatic carboxylic acids is 1. The van der Waals surface area contributed by atoms with Crippen molar-refractivity contribution in [3.63, 3.8) is 0 Å². The summed E-state index contributed by atoms with van der Waals surface area (Å²) in [7, 11) is 0. The number of carboxylic acid groups (broad SMARTS) is 1. The Bertz CT molecular complexity index is 893. The van der Waals surface area contributed by atoms with E-state index in [2.05, 4.69) is 0 Å². The number of rotatable bonds is 4. The summed E-state index contributed by atoms with van der Waals surface area (Å²) in [5, 5.41) is 9.57. The first-order chi connectivity index (χ1) is 11.8. The average molecular weight is 354 g/mol. The smallest absolute Gasteiger partial charge is 0.313 e. The van der Waals surface area contributed by atoms with Gasteiger partial charge in [0.15, 0.2) is 0 Å². The number of benzene rings is 2. The standard InChI is InChI=1S/C21H19FO2S/c1-21(2,20(23)24)19-11-14(17-9-6-15(22)12-18(17)19)10-13-4-7-16(25-3)8-5-13/h4-12H,1-3H3,(H,23,24)/b14-10+. The summed E-state index contributed by atoms with van der Waals surface area (Å²) < 4.78 is 13.8. The van der Waals surface area contributed by atoms with E-state index < -0.39 is 11.4 Å². The second-order valence-corrected chi connectivity index (χ2v) is 7.43. The number of thioether (sulfide) groups is 1. The van der Waals surface area contributed by atoms with Crippen molar-refractivity contribution in [3.8, 4) is 0 Å². The zero-order valence-electron chi connectivity index (χ0n) is 14.3. The molecule has 0 saturated carbocycles. The molecular formula is C21H19FO2S. The van der Waals surface area contributed by atoms with Crippen molar-refractivity contribution in [1.29, 1.82) is 0 Å². The maximum atomic E-state index is 13.8. The SMILES string of the molecule is CSc1ccc(/C=C2\C=C(C(C)(C)C(=O)O)c3cc(F)ccc32)cc1. The fraction of sp³-hybridized carbons (Fsp3) is 0.190. The molecule has 0 spiro atoms. The summed E-state index contributed by atoms with van der Waals surface area (Å²) >= 11 is 1.68. The summed E-state index contributed by atoms with van der Waals surface area (Å²) in [5.74, 6) is -1.30. The fourth-order valence-electron chi connectivity index (χ4n) is 2.93. The highest BCUT2D eigenvalue weighted by Gasteiger charge is 2.36. The van der Waals surface area contributed by atoms with Crippen LogP contribution in [0.3, 0.4) is 0 Å². The van der Waals surface area contributed by atoms with Crippen molar-refractivity contribution in [3.05, 3.63) is 71.0 Å². The van der Waals surface area contributed by atoms with Gasteiger partial charge in [0.1, 0.15) is 5.82 Å². The van der Waals surface area contributed by atoms with Crippen molar-refractivity contribution in [2.24, 2.45) is 5.41 Å². The third-order valence-corrected chi connectivity index (χ3v) is 5.27. The number of hydrogen-bond acceptors (Lipinski definition) is 2. The van der Waals surface area contributed by atoms with Crippen molar-refractivity contribution in [1.82, 2.24) is 0 Å². The topological polar surface area (TPSA) is 37.3 Å². The molecule has 0 radical (unpaired) electrons. The van der Waals surface area contributed by atoms with Crippen LogP contribution in [0.5, 0.6) is 0 Å². The van der Waals surface area contributed by atoms with Crippen LogP contribution in [-0.2, 0) is 4.79 Å². The first kappa shape index (κ1) is 17.5.